The molecular formula is C21H24N2O4. The quantitative estimate of drug-likeness (QED) is 0.792. The summed E-state index contributed by atoms with van der Waals surface area (Å²) < 4.78 is 4.73. The molecule has 1 N–H and O–H groups in total. The van der Waals surface area contributed by atoms with Crippen molar-refractivity contribution in [3.05, 3.63) is 59.2 Å². The zero-order valence-corrected chi connectivity index (χ0v) is 16.0. The van der Waals surface area contributed by atoms with Crippen LogP contribution in [0.25, 0.3) is 0 Å². The second-order valence-corrected chi connectivity index (χ2v) is 6.23. The molecule has 0 spiro atoms. The smallest absolute Gasteiger partial charge is 0.339 e. The van der Waals surface area contributed by atoms with E-state index in [0.717, 1.165) is 16.8 Å². The SMILES string of the molecule is COC(=O)c1ccccc1NC(=O)CCN(C(C)=O)c1cccc(C)c1C. The highest BCUT2D eigenvalue weighted by Crippen LogP contribution is 2.23. The number of ether oxygens (including phenoxy) is 1. The van der Waals surface area contributed by atoms with E-state index in [9.17, 15) is 14.4 Å². The topological polar surface area (TPSA) is 75.7 Å². The maximum atomic E-state index is 12.4. The van der Waals surface area contributed by atoms with Gasteiger partial charge in [-0.05, 0) is 43.2 Å². The Kier molecular flexibility index (Phi) is 6.71. The fourth-order valence-corrected chi connectivity index (χ4v) is 2.78. The summed E-state index contributed by atoms with van der Waals surface area (Å²) in [6, 6.07) is 12.4. The highest BCUT2D eigenvalue weighted by molar-refractivity contribution is 6.01. The minimum absolute atomic E-state index is 0.0997. The molecule has 0 aliphatic rings. The predicted molar refractivity (Wildman–Crippen MR) is 105 cm³/mol. The molecule has 2 amide bonds. The molecule has 0 saturated carbocycles. The average molecular weight is 368 g/mol. The highest BCUT2D eigenvalue weighted by atomic mass is 16.5. The monoisotopic (exact) mass is 368 g/mol. The third kappa shape index (κ3) is 4.94. The van der Waals surface area contributed by atoms with Crippen molar-refractivity contribution in [3.8, 4) is 0 Å². The van der Waals surface area contributed by atoms with Gasteiger partial charge >= 0.3 is 5.97 Å². The summed E-state index contributed by atoms with van der Waals surface area (Å²) in [5.74, 6) is -0.944. The van der Waals surface area contributed by atoms with Crippen LogP contribution in [0.5, 0.6) is 0 Å². The molecule has 0 bridgehead atoms. The van der Waals surface area contributed by atoms with Gasteiger partial charge in [0.25, 0.3) is 0 Å². The third-order valence-corrected chi connectivity index (χ3v) is 4.42. The molecule has 0 atom stereocenters. The van der Waals surface area contributed by atoms with E-state index in [1.807, 2.05) is 32.0 Å². The second kappa shape index (κ2) is 8.98. The molecule has 0 heterocycles. The maximum Gasteiger partial charge on any atom is 0.339 e. The van der Waals surface area contributed by atoms with Crippen LogP contribution in [0.2, 0.25) is 0 Å². The normalized spacial score (nSPS) is 10.2. The molecule has 142 valence electrons. The molecule has 2 aromatic rings. The third-order valence-electron chi connectivity index (χ3n) is 4.42. The summed E-state index contributed by atoms with van der Waals surface area (Å²) in [6.45, 7) is 5.65. The van der Waals surface area contributed by atoms with Gasteiger partial charge in [-0.2, -0.15) is 0 Å². The lowest BCUT2D eigenvalue weighted by Gasteiger charge is -2.24. The number of anilines is 2. The van der Waals surface area contributed by atoms with Crippen molar-refractivity contribution in [2.45, 2.75) is 27.2 Å². The molecule has 27 heavy (non-hydrogen) atoms. The van der Waals surface area contributed by atoms with Crippen molar-refractivity contribution in [1.82, 2.24) is 0 Å². The van der Waals surface area contributed by atoms with Gasteiger partial charge < -0.3 is 15.0 Å². The Balaban J connectivity index is 2.11. The van der Waals surface area contributed by atoms with Crippen molar-refractivity contribution in [2.24, 2.45) is 0 Å². The number of hydrogen-bond donors (Lipinski definition) is 1. The standard InChI is InChI=1S/C21H24N2O4/c1-14-8-7-11-19(15(14)2)23(16(3)24)13-12-20(25)22-18-10-6-5-9-17(18)21(26)27-4/h5-11H,12-13H2,1-4H3,(H,22,25). The number of hydrogen-bond acceptors (Lipinski definition) is 4. The van der Waals surface area contributed by atoms with Gasteiger partial charge in [-0.1, -0.05) is 24.3 Å². The Morgan fingerprint density at radius 2 is 1.74 bits per heavy atom. The Bertz CT molecular complexity index is 861. The van der Waals surface area contributed by atoms with Gasteiger partial charge in [0.15, 0.2) is 0 Å². The van der Waals surface area contributed by atoms with Crippen LogP contribution in [0.15, 0.2) is 42.5 Å². The minimum atomic E-state index is -0.522. The van der Waals surface area contributed by atoms with E-state index in [-0.39, 0.29) is 30.3 Å². The first kappa shape index (κ1) is 20.2. The summed E-state index contributed by atoms with van der Waals surface area (Å²) in [6.07, 6.45) is 0.0997. The fraction of sp³-hybridized carbons (Fsp3) is 0.286. The number of nitrogens with one attached hydrogen (secondary N) is 1. The zero-order chi connectivity index (χ0) is 20.0. The number of rotatable bonds is 6. The van der Waals surface area contributed by atoms with Gasteiger partial charge in [-0.15, -0.1) is 0 Å². The van der Waals surface area contributed by atoms with Gasteiger partial charge in [0, 0.05) is 25.6 Å². The van der Waals surface area contributed by atoms with Gasteiger partial charge in [0.2, 0.25) is 11.8 Å². The molecule has 2 aromatic carbocycles. The van der Waals surface area contributed by atoms with Crippen molar-refractivity contribution >= 4 is 29.2 Å². The number of para-hydroxylation sites is 1. The summed E-state index contributed by atoms with van der Waals surface area (Å²) in [5.41, 5.74) is 3.55. The van der Waals surface area contributed by atoms with E-state index >= 15 is 0 Å². The predicted octanol–water partition coefficient (Wildman–Crippen LogP) is 3.47. The van der Waals surface area contributed by atoms with Gasteiger partial charge in [0.05, 0.1) is 18.4 Å². The summed E-state index contributed by atoms with van der Waals surface area (Å²) in [7, 11) is 1.29. The summed E-state index contributed by atoms with van der Waals surface area (Å²) in [4.78, 5) is 37.9. The molecule has 0 aliphatic carbocycles. The Labute approximate surface area is 159 Å². The molecule has 6 nitrogen and oxygen atoms in total. The number of carbonyl (C=O) groups is 3. The Morgan fingerprint density at radius 3 is 2.41 bits per heavy atom. The van der Waals surface area contributed by atoms with Crippen LogP contribution in [0.4, 0.5) is 11.4 Å². The van der Waals surface area contributed by atoms with E-state index in [4.69, 9.17) is 4.74 Å². The van der Waals surface area contributed by atoms with E-state index in [0.29, 0.717) is 5.69 Å². The molecule has 0 aromatic heterocycles. The molecule has 0 unspecified atom stereocenters. The molecule has 2 rings (SSSR count). The van der Waals surface area contributed by atoms with Gasteiger partial charge in [0.1, 0.15) is 0 Å². The maximum absolute atomic E-state index is 12.4. The van der Waals surface area contributed by atoms with Crippen molar-refractivity contribution in [2.75, 3.05) is 23.9 Å². The molecule has 0 saturated heterocycles. The van der Waals surface area contributed by atoms with Crippen LogP contribution in [-0.4, -0.2) is 31.4 Å². The number of methoxy groups -OCH3 is 1. The number of aryl methyl sites for hydroxylation is 1. The number of benzene rings is 2. The van der Waals surface area contributed by atoms with Crippen LogP contribution >= 0.6 is 0 Å². The lowest BCUT2D eigenvalue weighted by molar-refractivity contribution is -0.117. The average Bonchev–Trinajstić information content (AvgIpc) is 2.64. The highest BCUT2D eigenvalue weighted by Gasteiger charge is 2.17. The van der Waals surface area contributed by atoms with Crippen LogP contribution in [0, 0.1) is 13.8 Å². The van der Waals surface area contributed by atoms with Crippen LogP contribution < -0.4 is 10.2 Å². The first-order chi connectivity index (χ1) is 12.8. The summed E-state index contributed by atoms with van der Waals surface area (Å²) >= 11 is 0. The first-order valence-corrected chi connectivity index (χ1v) is 8.66. The number of amides is 2. The molecule has 0 aliphatic heterocycles. The van der Waals surface area contributed by atoms with E-state index in [1.165, 1.54) is 14.0 Å². The second-order valence-electron chi connectivity index (χ2n) is 6.23. The molecule has 6 heteroatoms. The Hall–Kier alpha value is -3.15. The van der Waals surface area contributed by atoms with Crippen LogP contribution in [0.3, 0.4) is 0 Å². The van der Waals surface area contributed by atoms with Gasteiger partial charge in [-0.3, -0.25) is 9.59 Å². The number of carbonyl (C=O) groups excluding carboxylic acids is 3. The molecular weight excluding hydrogens is 344 g/mol. The number of esters is 1. The lowest BCUT2D eigenvalue weighted by atomic mass is 10.1. The minimum Gasteiger partial charge on any atom is -0.465 e. The molecule has 0 radical (unpaired) electrons. The van der Waals surface area contributed by atoms with Crippen LogP contribution in [-0.2, 0) is 14.3 Å². The van der Waals surface area contributed by atoms with Gasteiger partial charge in [-0.25, -0.2) is 4.79 Å². The van der Waals surface area contributed by atoms with Crippen molar-refractivity contribution in [1.29, 1.82) is 0 Å². The van der Waals surface area contributed by atoms with Crippen molar-refractivity contribution in [3.63, 3.8) is 0 Å². The lowest BCUT2D eigenvalue weighted by Crippen LogP contribution is -2.32. The van der Waals surface area contributed by atoms with E-state index in [1.54, 1.807) is 29.2 Å². The fourth-order valence-electron chi connectivity index (χ4n) is 2.78. The Morgan fingerprint density at radius 1 is 1.04 bits per heavy atom. The molecule has 0 fully saturated rings. The van der Waals surface area contributed by atoms with E-state index in [2.05, 4.69) is 5.32 Å². The first-order valence-electron chi connectivity index (χ1n) is 8.66. The van der Waals surface area contributed by atoms with Crippen molar-refractivity contribution < 1.29 is 19.1 Å². The van der Waals surface area contributed by atoms with E-state index < -0.39 is 5.97 Å². The zero-order valence-electron chi connectivity index (χ0n) is 16.0. The van der Waals surface area contributed by atoms with Crippen LogP contribution in [0.1, 0.15) is 34.8 Å². The largest absolute Gasteiger partial charge is 0.465 e. The number of nitrogens with zero attached hydrogens (tertiary/aromatic N) is 1. The summed E-state index contributed by atoms with van der Waals surface area (Å²) in [5, 5.41) is 2.72.